The lowest BCUT2D eigenvalue weighted by molar-refractivity contribution is -0.00795. The number of likely N-dealkylation sites (tertiary alicyclic amines) is 1. The monoisotopic (exact) mass is 325 g/mol. The highest BCUT2D eigenvalue weighted by atomic mass is 35.5. The first kappa shape index (κ1) is 15.6. The molecule has 21 heavy (non-hydrogen) atoms. The Morgan fingerprint density at radius 3 is 2.90 bits per heavy atom. The maximum Gasteiger partial charge on any atom is 0.0351 e. The molecule has 2 aliphatic carbocycles. The molecule has 1 aliphatic heterocycles. The molecule has 0 spiro atoms. The van der Waals surface area contributed by atoms with Crippen LogP contribution in [0.15, 0.2) is 24.3 Å². The molecule has 0 amide bonds. The van der Waals surface area contributed by atoms with Crippen molar-refractivity contribution in [3.8, 4) is 0 Å². The van der Waals surface area contributed by atoms with E-state index in [9.17, 15) is 0 Å². The number of rotatable bonds is 2. The lowest BCUT2D eigenvalue weighted by Gasteiger charge is -2.59. The van der Waals surface area contributed by atoms with Crippen molar-refractivity contribution in [1.29, 1.82) is 0 Å². The van der Waals surface area contributed by atoms with Gasteiger partial charge in [0.25, 0.3) is 0 Å². The highest BCUT2D eigenvalue weighted by molar-refractivity contribution is 6.18. The van der Waals surface area contributed by atoms with Crippen molar-refractivity contribution in [2.75, 3.05) is 19.0 Å². The Labute approximate surface area is 139 Å². The second kappa shape index (κ2) is 6.10. The van der Waals surface area contributed by atoms with Crippen molar-refractivity contribution in [1.82, 2.24) is 4.90 Å². The third kappa shape index (κ3) is 2.33. The van der Waals surface area contributed by atoms with E-state index in [0.717, 1.165) is 24.4 Å². The third-order valence-electron chi connectivity index (χ3n) is 6.23. The molecule has 1 aromatic rings. The summed E-state index contributed by atoms with van der Waals surface area (Å²) < 4.78 is 0. The van der Waals surface area contributed by atoms with E-state index < -0.39 is 0 Å². The summed E-state index contributed by atoms with van der Waals surface area (Å²) in [6.07, 6.45) is 8.30. The van der Waals surface area contributed by atoms with Crippen molar-refractivity contribution in [2.45, 2.75) is 50.0 Å². The number of fused-ring (bicyclic) bond motifs is 1. The summed E-state index contributed by atoms with van der Waals surface area (Å²) in [7, 11) is 0. The highest BCUT2D eigenvalue weighted by Gasteiger charge is 2.53. The maximum atomic E-state index is 6.04. The lowest BCUT2D eigenvalue weighted by atomic mass is 9.52. The molecule has 1 nitrogen and oxygen atoms in total. The van der Waals surface area contributed by atoms with E-state index in [1.54, 1.807) is 11.1 Å². The number of alkyl halides is 1. The van der Waals surface area contributed by atoms with Crippen LogP contribution in [-0.4, -0.2) is 29.9 Å². The second-order valence-corrected chi connectivity index (χ2v) is 7.29. The van der Waals surface area contributed by atoms with Crippen LogP contribution in [0.3, 0.4) is 0 Å². The van der Waals surface area contributed by atoms with Crippen LogP contribution in [0.25, 0.3) is 0 Å². The van der Waals surface area contributed by atoms with Crippen LogP contribution >= 0.6 is 24.0 Å². The van der Waals surface area contributed by atoms with Crippen LogP contribution in [0.5, 0.6) is 0 Å². The van der Waals surface area contributed by atoms with Gasteiger partial charge in [-0.2, -0.15) is 0 Å². The fraction of sp³-hybridized carbons (Fsp3) is 0.667. The topological polar surface area (TPSA) is 3.24 Å². The normalized spacial score (nSPS) is 34.5. The predicted octanol–water partition coefficient (Wildman–Crippen LogP) is 4.41. The Morgan fingerprint density at radius 2 is 2.05 bits per heavy atom. The van der Waals surface area contributed by atoms with Gasteiger partial charge in [-0.1, -0.05) is 37.1 Å². The van der Waals surface area contributed by atoms with Crippen LogP contribution in [0.4, 0.5) is 0 Å². The summed E-state index contributed by atoms with van der Waals surface area (Å²) in [5.41, 5.74) is 3.82. The molecule has 4 rings (SSSR count). The zero-order valence-electron chi connectivity index (χ0n) is 12.6. The van der Waals surface area contributed by atoms with E-state index in [2.05, 4.69) is 29.2 Å². The fourth-order valence-corrected chi connectivity index (χ4v) is 5.65. The van der Waals surface area contributed by atoms with Crippen molar-refractivity contribution in [2.24, 2.45) is 5.92 Å². The zero-order valence-corrected chi connectivity index (χ0v) is 14.1. The smallest absolute Gasteiger partial charge is 0.0351 e. The average Bonchev–Trinajstić information content (AvgIpc) is 2.50. The Kier molecular flexibility index (Phi) is 4.55. The van der Waals surface area contributed by atoms with Gasteiger partial charge in [0.15, 0.2) is 0 Å². The molecule has 3 atom stereocenters. The molecule has 1 heterocycles. The van der Waals surface area contributed by atoms with Crippen LogP contribution in [0.1, 0.15) is 43.2 Å². The molecule has 0 aromatic heterocycles. The third-order valence-corrected chi connectivity index (χ3v) is 6.40. The molecule has 2 fully saturated rings. The molecule has 0 radical (unpaired) electrons. The Morgan fingerprint density at radius 1 is 1.19 bits per heavy atom. The van der Waals surface area contributed by atoms with Gasteiger partial charge in [-0.3, -0.25) is 4.90 Å². The molecule has 0 unspecified atom stereocenters. The summed E-state index contributed by atoms with van der Waals surface area (Å²) in [6, 6.07) is 10.0. The van der Waals surface area contributed by atoms with Crippen molar-refractivity contribution < 1.29 is 0 Å². The first-order chi connectivity index (χ1) is 9.85. The Balaban J connectivity index is 0.00000132. The van der Waals surface area contributed by atoms with Crippen LogP contribution in [0.2, 0.25) is 0 Å². The largest absolute Gasteiger partial charge is 0.299 e. The number of halogens is 2. The number of hydrogen-bond donors (Lipinski definition) is 0. The number of benzene rings is 1. The SMILES string of the molecule is Cl.ClCCN1CC[C@]23CCCC[C@H]2[C@H]1Cc1ccccc13. The van der Waals surface area contributed by atoms with Gasteiger partial charge in [-0.15, -0.1) is 24.0 Å². The predicted molar refractivity (Wildman–Crippen MR) is 91.7 cm³/mol. The molecule has 2 bridgehead atoms. The standard InChI is InChI=1S/C18H24ClN.ClH/c19-10-12-20-11-9-18-8-4-3-7-16(18)17(20)13-14-5-1-2-6-15(14)18;/h1-2,5-6,16-17H,3-4,7-13H2;1H/t16-,17+,18-;/m0./s1. The van der Waals surface area contributed by atoms with Crippen molar-refractivity contribution in [3.05, 3.63) is 35.4 Å². The van der Waals surface area contributed by atoms with E-state index in [4.69, 9.17) is 11.6 Å². The van der Waals surface area contributed by atoms with E-state index in [1.807, 2.05) is 0 Å². The van der Waals surface area contributed by atoms with Gasteiger partial charge in [0.1, 0.15) is 0 Å². The number of nitrogens with zero attached hydrogens (tertiary/aromatic N) is 1. The van der Waals surface area contributed by atoms with Gasteiger partial charge >= 0.3 is 0 Å². The molecule has 1 aromatic carbocycles. The minimum atomic E-state index is 0. The average molecular weight is 326 g/mol. The van der Waals surface area contributed by atoms with Gasteiger partial charge in [0, 0.05) is 23.9 Å². The first-order valence-electron chi connectivity index (χ1n) is 8.23. The highest BCUT2D eigenvalue weighted by Crippen LogP contribution is 2.55. The summed E-state index contributed by atoms with van der Waals surface area (Å²) in [6.45, 7) is 2.32. The maximum absolute atomic E-state index is 6.04. The molecule has 3 aliphatic rings. The Bertz CT molecular complexity index is 504. The quantitative estimate of drug-likeness (QED) is 0.728. The van der Waals surface area contributed by atoms with Gasteiger partial charge in [-0.05, 0) is 49.3 Å². The lowest BCUT2D eigenvalue weighted by Crippen LogP contribution is -2.61. The van der Waals surface area contributed by atoms with E-state index >= 15 is 0 Å². The molecular weight excluding hydrogens is 301 g/mol. The van der Waals surface area contributed by atoms with Crippen LogP contribution in [-0.2, 0) is 11.8 Å². The molecular formula is C18H25Cl2N. The number of piperidine rings is 1. The minimum Gasteiger partial charge on any atom is -0.299 e. The summed E-state index contributed by atoms with van der Waals surface area (Å²) >= 11 is 6.04. The van der Waals surface area contributed by atoms with Crippen molar-refractivity contribution in [3.63, 3.8) is 0 Å². The minimum absolute atomic E-state index is 0. The summed E-state index contributed by atoms with van der Waals surface area (Å²) in [5.74, 6) is 1.65. The molecule has 3 heteroatoms. The number of hydrogen-bond acceptors (Lipinski definition) is 1. The van der Waals surface area contributed by atoms with Gasteiger partial charge in [0.2, 0.25) is 0 Å². The fourth-order valence-electron chi connectivity index (χ4n) is 5.44. The van der Waals surface area contributed by atoms with E-state index in [1.165, 1.54) is 45.1 Å². The summed E-state index contributed by atoms with van der Waals surface area (Å²) in [4.78, 5) is 2.69. The van der Waals surface area contributed by atoms with Gasteiger partial charge in [0.05, 0.1) is 0 Å². The van der Waals surface area contributed by atoms with Gasteiger partial charge in [-0.25, -0.2) is 0 Å². The molecule has 1 saturated heterocycles. The van der Waals surface area contributed by atoms with Crippen LogP contribution < -0.4 is 0 Å². The first-order valence-corrected chi connectivity index (χ1v) is 8.77. The zero-order chi connectivity index (χ0) is 13.6. The van der Waals surface area contributed by atoms with Gasteiger partial charge < -0.3 is 0 Å². The van der Waals surface area contributed by atoms with E-state index in [-0.39, 0.29) is 12.4 Å². The second-order valence-electron chi connectivity index (χ2n) is 6.91. The van der Waals surface area contributed by atoms with Crippen LogP contribution in [0, 0.1) is 5.92 Å². The van der Waals surface area contributed by atoms with Crippen molar-refractivity contribution >= 4 is 24.0 Å². The summed E-state index contributed by atoms with van der Waals surface area (Å²) in [5, 5.41) is 0. The molecule has 0 N–H and O–H groups in total. The molecule has 1 saturated carbocycles. The Hall–Kier alpha value is -0.240. The van der Waals surface area contributed by atoms with E-state index in [0.29, 0.717) is 5.41 Å². The molecule has 116 valence electrons.